The summed E-state index contributed by atoms with van der Waals surface area (Å²) in [5.74, 6) is -0.807. The summed E-state index contributed by atoms with van der Waals surface area (Å²) in [6.07, 6.45) is 19.9. The quantitative estimate of drug-likeness (QED) is 0.0556. The van der Waals surface area contributed by atoms with Crippen molar-refractivity contribution in [2.45, 2.75) is 129 Å². The van der Waals surface area contributed by atoms with Gasteiger partial charge < -0.3 is 4.74 Å². The molecule has 0 aliphatic heterocycles. The topological polar surface area (TPSA) is 61.8 Å². The van der Waals surface area contributed by atoms with E-state index in [2.05, 4.69) is 6.92 Å². The second-order valence-electron chi connectivity index (χ2n) is 9.93. The van der Waals surface area contributed by atoms with Crippen LogP contribution in [0.15, 0.2) is 30.3 Å². The molecule has 6 heteroatoms. The Morgan fingerprint density at radius 2 is 1.17 bits per heavy atom. The Balaban J connectivity index is 0.0000116. The summed E-state index contributed by atoms with van der Waals surface area (Å²) in [7, 11) is 0. The van der Waals surface area contributed by atoms with Crippen LogP contribution in [-0.4, -0.2) is 61.9 Å². The summed E-state index contributed by atoms with van der Waals surface area (Å²) in [6, 6.07) is 8.61. The molecule has 1 aromatic carbocycles. The van der Waals surface area contributed by atoms with E-state index in [0.717, 1.165) is 12.8 Å². The molecule has 5 nitrogen and oxygen atoms in total. The van der Waals surface area contributed by atoms with Crippen LogP contribution in [0.25, 0.3) is 0 Å². The van der Waals surface area contributed by atoms with Crippen molar-refractivity contribution in [1.29, 1.82) is 0 Å². The number of hydrogen-bond donors (Lipinski definition) is 0. The van der Waals surface area contributed by atoms with Crippen molar-refractivity contribution >= 4 is 49.7 Å². The zero-order chi connectivity index (χ0) is 24.9. The normalized spacial score (nSPS) is 11.1. The summed E-state index contributed by atoms with van der Waals surface area (Å²) in [4.78, 5) is 33.8. The van der Waals surface area contributed by atoms with Crippen LogP contribution in [0.2, 0.25) is 0 Å². The van der Waals surface area contributed by atoms with Gasteiger partial charge in [0.25, 0.3) is 0 Å². The van der Waals surface area contributed by atoms with E-state index in [1.54, 1.807) is 38.1 Å². The van der Waals surface area contributed by atoms with Crippen LogP contribution in [0.1, 0.15) is 134 Å². The van der Waals surface area contributed by atoms with Gasteiger partial charge in [0.2, 0.25) is 0 Å². The number of esters is 1. The molecule has 0 aliphatic carbocycles. The van der Waals surface area contributed by atoms with Gasteiger partial charge in [0.05, 0.1) is 5.56 Å². The summed E-state index contributed by atoms with van der Waals surface area (Å²) in [5, 5.41) is 0. The van der Waals surface area contributed by atoms with Crippen molar-refractivity contribution in [3.05, 3.63) is 35.9 Å². The molecule has 0 radical (unpaired) electrons. The number of carbonyl (C=O) groups excluding carboxylic acids is 2. The summed E-state index contributed by atoms with van der Waals surface area (Å²) >= 11 is 0. The first-order valence-electron chi connectivity index (χ1n) is 13.6. The molecule has 0 heterocycles. The van der Waals surface area contributed by atoms with Gasteiger partial charge in [-0.1, -0.05) is 115 Å². The standard InChI is InChI=1S/C29H48O5.Ca.2H/c1-4-5-6-7-8-9-10-11-12-13-14-15-16-17-21-24-27(30)33-29(2,3)25-32-34-28(31)26-22-19-18-20-23-26;;;/h18-20,22-23H,4-17,21,24-25H2,1-3H3;;;. The molecule has 35 heavy (non-hydrogen) atoms. The first kappa shape index (κ1) is 34.4. The summed E-state index contributed by atoms with van der Waals surface area (Å²) in [5.41, 5.74) is -0.450. The predicted octanol–water partition coefficient (Wildman–Crippen LogP) is 7.44. The van der Waals surface area contributed by atoms with Gasteiger partial charge in [-0.25, -0.2) is 4.79 Å². The van der Waals surface area contributed by atoms with E-state index in [1.807, 2.05) is 6.07 Å². The van der Waals surface area contributed by atoms with Crippen molar-refractivity contribution < 1.29 is 24.1 Å². The van der Waals surface area contributed by atoms with E-state index < -0.39 is 11.6 Å². The molecule has 0 amide bonds. The number of rotatable bonds is 21. The van der Waals surface area contributed by atoms with Gasteiger partial charge in [0.1, 0.15) is 12.2 Å². The molecule has 0 N–H and O–H groups in total. The predicted molar refractivity (Wildman–Crippen MR) is 146 cm³/mol. The first-order valence-corrected chi connectivity index (χ1v) is 13.6. The molecule has 0 aromatic heterocycles. The monoisotopic (exact) mass is 518 g/mol. The Hall–Kier alpha value is -0.620. The van der Waals surface area contributed by atoms with Crippen molar-refractivity contribution in [3.8, 4) is 0 Å². The van der Waals surface area contributed by atoms with E-state index in [-0.39, 0.29) is 50.3 Å². The molecule has 1 aromatic rings. The third kappa shape index (κ3) is 20.2. The van der Waals surface area contributed by atoms with E-state index in [0.29, 0.717) is 12.0 Å². The fourth-order valence-corrected chi connectivity index (χ4v) is 3.88. The molecule has 0 bridgehead atoms. The van der Waals surface area contributed by atoms with E-state index in [1.165, 1.54) is 83.5 Å². The average Bonchev–Trinajstić information content (AvgIpc) is 2.81. The Morgan fingerprint density at radius 3 is 1.66 bits per heavy atom. The average molecular weight is 519 g/mol. The van der Waals surface area contributed by atoms with E-state index in [4.69, 9.17) is 14.5 Å². The molecule has 0 unspecified atom stereocenters. The van der Waals surface area contributed by atoms with E-state index >= 15 is 0 Å². The Morgan fingerprint density at radius 1 is 0.714 bits per heavy atom. The van der Waals surface area contributed by atoms with Crippen LogP contribution in [-0.2, 0) is 19.3 Å². The van der Waals surface area contributed by atoms with Crippen LogP contribution in [0.4, 0.5) is 0 Å². The maximum absolute atomic E-state index is 12.1. The Labute approximate surface area is 244 Å². The fraction of sp³-hybridized carbons (Fsp3) is 0.724. The van der Waals surface area contributed by atoms with E-state index in [9.17, 15) is 9.59 Å². The third-order valence-corrected chi connectivity index (χ3v) is 5.93. The van der Waals surface area contributed by atoms with Gasteiger partial charge >= 0.3 is 49.7 Å². The molecule has 1 rings (SSSR count). The number of ether oxygens (including phenoxy) is 1. The number of unbranched alkanes of at least 4 members (excludes halogenated alkanes) is 14. The molecule has 0 saturated carbocycles. The van der Waals surface area contributed by atoms with Crippen LogP contribution in [0.5, 0.6) is 0 Å². The summed E-state index contributed by atoms with van der Waals surface area (Å²) < 4.78 is 5.49. The second kappa shape index (κ2) is 22.6. The maximum atomic E-state index is 12.1. The minimum atomic E-state index is -0.858. The minimum absolute atomic E-state index is 0. The second-order valence-corrected chi connectivity index (χ2v) is 9.93. The van der Waals surface area contributed by atoms with Gasteiger partial charge in [0.15, 0.2) is 0 Å². The molecule has 0 fully saturated rings. The van der Waals surface area contributed by atoms with Gasteiger partial charge in [-0.3, -0.25) is 9.68 Å². The number of hydrogen-bond acceptors (Lipinski definition) is 5. The Bertz CT molecular complexity index is 648. The third-order valence-electron chi connectivity index (χ3n) is 5.93. The molecule has 0 spiro atoms. The van der Waals surface area contributed by atoms with Gasteiger partial charge in [-0.2, -0.15) is 4.89 Å². The van der Waals surface area contributed by atoms with Crippen molar-refractivity contribution in [2.24, 2.45) is 0 Å². The van der Waals surface area contributed by atoms with Crippen LogP contribution < -0.4 is 0 Å². The first-order chi connectivity index (χ1) is 16.4. The van der Waals surface area contributed by atoms with Gasteiger partial charge in [-0.15, -0.1) is 0 Å². The van der Waals surface area contributed by atoms with Crippen molar-refractivity contribution in [2.75, 3.05) is 6.61 Å². The van der Waals surface area contributed by atoms with Gasteiger partial charge in [-0.05, 0) is 32.4 Å². The Kier molecular flexibility index (Phi) is 22.2. The van der Waals surface area contributed by atoms with Crippen LogP contribution in [0.3, 0.4) is 0 Å². The van der Waals surface area contributed by atoms with Gasteiger partial charge in [0, 0.05) is 6.42 Å². The molecule has 198 valence electrons. The molecular weight excluding hydrogens is 468 g/mol. The number of carbonyl (C=O) groups is 2. The van der Waals surface area contributed by atoms with Crippen LogP contribution >= 0.6 is 0 Å². The molecule has 0 atom stereocenters. The number of benzene rings is 1. The van der Waals surface area contributed by atoms with Crippen molar-refractivity contribution in [1.82, 2.24) is 0 Å². The zero-order valence-corrected chi connectivity index (χ0v) is 21.9. The van der Waals surface area contributed by atoms with Crippen molar-refractivity contribution in [3.63, 3.8) is 0 Å². The SMILES string of the molecule is CCCCCCCCCCCCCCCCCC(=O)OC(C)(C)COOC(=O)c1ccccc1.[CaH2]. The zero-order valence-electron chi connectivity index (χ0n) is 21.9. The molecular formula is C29H50CaO5. The molecule has 0 aliphatic rings. The molecule has 0 saturated heterocycles. The fourth-order valence-electron chi connectivity index (χ4n) is 3.88. The summed E-state index contributed by atoms with van der Waals surface area (Å²) in [6.45, 7) is 5.74. The van der Waals surface area contributed by atoms with Crippen LogP contribution in [0, 0.1) is 0 Å².